The Kier molecular flexibility index (Phi) is 4.39. The highest BCUT2D eigenvalue weighted by Gasteiger charge is 2.59. The van der Waals surface area contributed by atoms with E-state index in [0.29, 0.717) is 16.8 Å². The molecule has 0 aromatic heterocycles. The molecule has 2 aromatic carbocycles. The molecule has 0 spiro atoms. The number of allylic oxidation sites excluding steroid dienone is 3. The van der Waals surface area contributed by atoms with Gasteiger partial charge < -0.3 is 0 Å². The molecule has 0 unspecified atom stereocenters. The molecule has 2 bridgehead atoms. The third-order valence-corrected chi connectivity index (χ3v) is 6.39. The van der Waals surface area contributed by atoms with E-state index in [4.69, 9.17) is 0 Å². The van der Waals surface area contributed by atoms with E-state index in [0.717, 1.165) is 6.42 Å². The Morgan fingerprint density at radius 3 is 2.26 bits per heavy atom. The first-order valence-electron chi connectivity index (χ1n) is 10.1. The summed E-state index contributed by atoms with van der Waals surface area (Å²) in [7, 11) is 0. The molecule has 2 fully saturated rings. The summed E-state index contributed by atoms with van der Waals surface area (Å²) in [5.74, 6) is -0.819. The number of hydrogen-bond donors (Lipinski definition) is 0. The third kappa shape index (κ3) is 3.09. The van der Waals surface area contributed by atoms with Crippen molar-refractivity contribution in [3.8, 4) is 0 Å². The number of ketones is 1. The molecule has 1 aliphatic heterocycles. The van der Waals surface area contributed by atoms with Gasteiger partial charge in [-0.25, -0.2) is 0 Å². The van der Waals surface area contributed by atoms with Crippen LogP contribution < -0.4 is 4.90 Å². The molecule has 2 amide bonds. The summed E-state index contributed by atoms with van der Waals surface area (Å²) in [5, 5.41) is 10.9. The number of carbonyl (C=O) groups is 3. The first-order chi connectivity index (χ1) is 14.9. The Morgan fingerprint density at radius 2 is 1.65 bits per heavy atom. The van der Waals surface area contributed by atoms with Crippen molar-refractivity contribution in [3.05, 3.63) is 88.0 Å². The maximum absolute atomic E-state index is 12.9. The van der Waals surface area contributed by atoms with Gasteiger partial charge in [0.15, 0.2) is 5.78 Å². The van der Waals surface area contributed by atoms with E-state index >= 15 is 0 Å². The minimum atomic E-state index is -0.492. The number of rotatable bonds is 5. The van der Waals surface area contributed by atoms with Crippen molar-refractivity contribution in [2.75, 3.05) is 4.90 Å². The Balaban J connectivity index is 1.32. The van der Waals surface area contributed by atoms with Gasteiger partial charge in [-0.3, -0.25) is 29.4 Å². The molecule has 2 aliphatic carbocycles. The Labute approximate surface area is 177 Å². The van der Waals surface area contributed by atoms with E-state index in [1.807, 2.05) is 0 Å². The molecule has 0 radical (unpaired) electrons. The lowest BCUT2D eigenvalue weighted by molar-refractivity contribution is -0.384. The van der Waals surface area contributed by atoms with Crippen LogP contribution in [0.3, 0.4) is 0 Å². The predicted molar refractivity (Wildman–Crippen MR) is 113 cm³/mol. The SMILES string of the molecule is O=C(/C=C/c1cccc([N+](=O)[O-])c1)c1ccc(N2C(=O)[C@@H]3[C@@H](C2=O)[C@@H]2C=C[C@@H]3C2)cc1. The van der Waals surface area contributed by atoms with Gasteiger partial charge in [0, 0.05) is 17.7 Å². The highest BCUT2D eigenvalue weighted by molar-refractivity contribution is 6.23. The van der Waals surface area contributed by atoms with Gasteiger partial charge in [0.2, 0.25) is 11.8 Å². The molecule has 1 heterocycles. The predicted octanol–water partition coefficient (Wildman–Crippen LogP) is 3.80. The zero-order valence-corrected chi connectivity index (χ0v) is 16.4. The average Bonchev–Trinajstić information content (AvgIpc) is 3.46. The number of carbonyl (C=O) groups excluding carboxylic acids is 3. The van der Waals surface area contributed by atoms with Crippen molar-refractivity contribution in [1.82, 2.24) is 0 Å². The van der Waals surface area contributed by atoms with Crippen LogP contribution in [0.1, 0.15) is 22.3 Å². The third-order valence-electron chi connectivity index (χ3n) is 6.39. The number of benzene rings is 2. The monoisotopic (exact) mass is 414 g/mol. The van der Waals surface area contributed by atoms with Gasteiger partial charge in [0.25, 0.3) is 5.69 Å². The molecule has 7 nitrogen and oxygen atoms in total. The number of fused-ring (bicyclic) bond motifs is 5. The van der Waals surface area contributed by atoms with Crippen LogP contribution in [0, 0.1) is 33.8 Å². The lowest BCUT2D eigenvalue weighted by Crippen LogP contribution is -2.32. The summed E-state index contributed by atoms with van der Waals surface area (Å²) in [6, 6.07) is 12.4. The molecule has 0 N–H and O–H groups in total. The summed E-state index contributed by atoms with van der Waals surface area (Å²) < 4.78 is 0. The highest BCUT2D eigenvalue weighted by Crippen LogP contribution is 2.53. The molecule has 4 atom stereocenters. The summed E-state index contributed by atoms with van der Waals surface area (Å²) in [6.07, 6.45) is 7.84. The van der Waals surface area contributed by atoms with Crippen LogP contribution in [0.25, 0.3) is 6.08 Å². The fourth-order valence-electron chi connectivity index (χ4n) is 4.94. The number of nitro benzene ring substituents is 1. The van der Waals surface area contributed by atoms with Gasteiger partial charge in [0.05, 0.1) is 22.4 Å². The molecular weight excluding hydrogens is 396 g/mol. The van der Waals surface area contributed by atoms with E-state index in [1.165, 1.54) is 29.2 Å². The molecular formula is C24H18N2O5. The summed E-state index contributed by atoms with van der Waals surface area (Å²) in [5.41, 5.74) is 1.36. The lowest BCUT2D eigenvalue weighted by Gasteiger charge is -2.17. The number of imide groups is 1. The zero-order chi connectivity index (χ0) is 21.7. The fourth-order valence-corrected chi connectivity index (χ4v) is 4.94. The maximum atomic E-state index is 12.9. The van der Waals surface area contributed by atoms with Crippen molar-refractivity contribution in [3.63, 3.8) is 0 Å². The number of hydrogen-bond acceptors (Lipinski definition) is 5. The normalized spacial score (nSPS) is 26.1. The quantitative estimate of drug-likeness (QED) is 0.185. The van der Waals surface area contributed by atoms with Crippen molar-refractivity contribution in [2.45, 2.75) is 6.42 Å². The second-order valence-electron chi connectivity index (χ2n) is 8.11. The first-order valence-corrected chi connectivity index (χ1v) is 10.1. The maximum Gasteiger partial charge on any atom is 0.270 e. The Morgan fingerprint density at radius 1 is 1.00 bits per heavy atom. The Hall–Kier alpha value is -3.87. The summed E-state index contributed by atoms with van der Waals surface area (Å²) in [4.78, 5) is 49.9. The Bertz CT molecular complexity index is 1150. The van der Waals surface area contributed by atoms with Crippen molar-refractivity contribution in [2.24, 2.45) is 23.7 Å². The minimum absolute atomic E-state index is 0.0488. The van der Waals surface area contributed by atoms with Crippen LogP contribution >= 0.6 is 0 Å². The van der Waals surface area contributed by atoms with E-state index in [-0.39, 0.29) is 47.0 Å². The lowest BCUT2D eigenvalue weighted by atomic mass is 9.85. The molecule has 5 rings (SSSR count). The molecule has 1 saturated heterocycles. The van der Waals surface area contributed by atoms with Gasteiger partial charge in [-0.2, -0.15) is 0 Å². The van der Waals surface area contributed by atoms with Crippen LogP contribution in [0.4, 0.5) is 11.4 Å². The van der Waals surface area contributed by atoms with Crippen molar-refractivity contribution < 1.29 is 19.3 Å². The highest BCUT2D eigenvalue weighted by atomic mass is 16.6. The molecule has 2 aromatic rings. The van der Waals surface area contributed by atoms with Crippen LogP contribution in [-0.4, -0.2) is 22.5 Å². The van der Waals surface area contributed by atoms with E-state index in [2.05, 4.69) is 12.2 Å². The number of nitro groups is 1. The average molecular weight is 414 g/mol. The van der Waals surface area contributed by atoms with Crippen LogP contribution in [0.15, 0.2) is 66.8 Å². The van der Waals surface area contributed by atoms with Gasteiger partial charge in [-0.1, -0.05) is 30.4 Å². The molecule has 1 saturated carbocycles. The smallest absolute Gasteiger partial charge is 0.270 e. The first kappa shape index (κ1) is 19.1. The summed E-state index contributed by atoms with van der Waals surface area (Å²) in [6.45, 7) is 0. The number of anilines is 1. The topological polar surface area (TPSA) is 97.6 Å². The fraction of sp³-hybridized carbons (Fsp3) is 0.208. The molecule has 7 heteroatoms. The van der Waals surface area contributed by atoms with Gasteiger partial charge in [-0.15, -0.1) is 0 Å². The van der Waals surface area contributed by atoms with Gasteiger partial charge in [-0.05, 0) is 54.2 Å². The second-order valence-corrected chi connectivity index (χ2v) is 8.11. The molecule has 31 heavy (non-hydrogen) atoms. The van der Waals surface area contributed by atoms with E-state index in [1.54, 1.807) is 36.4 Å². The van der Waals surface area contributed by atoms with E-state index in [9.17, 15) is 24.5 Å². The van der Waals surface area contributed by atoms with Crippen LogP contribution in [0.2, 0.25) is 0 Å². The number of amides is 2. The standard InChI is InChI=1S/C24H18N2O5/c27-20(11-4-14-2-1-3-19(12-14)26(30)31)15-7-9-18(10-8-15)25-23(28)21-16-5-6-17(13-16)22(21)24(25)29/h1-12,16-17,21-22H,13H2/b11-4+/t16-,17-,21+,22+/m1/s1. The van der Waals surface area contributed by atoms with Gasteiger partial charge >= 0.3 is 0 Å². The molecule has 3 aliphatic rings. The van der Waals surface area contributed by atoms with E-state index < -0.39 is 4.92 Å². The van der Waals surface area contributed by atoms with Crippen LogP contribution in [-0.2, 0) is 9.59 Å². The largest absolute Gasteiger partial charge is 0.289 e. The number of nitrogens with zero attached hydrogens (tertiary/aromatic N) is 2. The molecule has 154 valence electrons. The van der Waals surface area contributed by atoms with Gasteiger partial charge in [0.1, 0.15) is 0 Å². The second kappa shape index (κ2) is 7.12. The number of non-ortho nitro benzene ring substituents is 1. The minimum Gasteiger partial charge on any atom is -0.289 e. The summed E-state index contributed by atoms with van der Waals surface area (Å²) >= 11 is 0. The van der Waals surface area contributed by atoms with Crippen molar-refractivity contribution >= 4 is 35.0 Å². The zero-order valence-electron chi connectivity index (χ0n) is 16.4. The van der Waals surface area contributed by atoms with Crippen LogP contribution in [0.5, 0.6) is 0 Å². The van der Waals surface area contributed by atoms with Crippen molar-refractivity contribution in [1.29, 1.82) is 0 Å².